The van der Waals surface area contributed by atoms with Gasteiger partial charge < -0.3 is 14.5 Å². The van der Waals surface area contributed by atoms with Crippen LogP contribution in [0.2, 0.25) is 0 Å². The number of benzene rings is 3. The lowest BCUT2D eigenvalue weighted by molar-refractivity contribution is 0.292. The molecule has 3 nitrogen and oxygen atoms in total. The first kappa shape index (κ1) is 15.3. The van der Waals surface area contributed by atoms with E-state index in [2.05, 4.69) is 17.1 Å². The number of ether oxygens (including phenoxy) is 2. The average Bonchev–Trinajstić information content (AvgIpc) is 3.03. The Balaban J connectivity index is 1.60. The topological polar surface area (TPSA) is 34.2 Å². The number of aryl methyl sites for hydroxylation is 1. The Morgan fingerprint density at radius 2 is 1.48 bits per heavy atom. The average molecular weight is 329 g/mol. The van der Waals surface area contributed by atoms with Gasteiger partial charge >= 0.3 is 0 Å². The number of hydrogen-bond donors (Lipinski definition) is 1. The van der Waals surface area contributed by atoms with Crippen molar-refractivity contribution in [2.24, 2.45) is 0 Å². The molecule has 0 aliphatic rings. The van der Waals surface area contributed by atoms with Gasteiger partial charge in [-0.1, -0.05) is 54.6 Å². The van der Waals surface area contributed by atoms with Crippen LogP contribution in [0.25, 0.3) is 10.9 Å². The molecular formula is C22H19NO2. The number of fused-ring (bicyclic) bond motifs is 1. The van der Waals surface area contributed by atoms with E-state index < -0.39 is 0 Å². The highest BCUT2D eigenvalue weighted by molar-refractivity contribution is 5.86. The van der Waals surface area contributed by atoms with Crippen molar-refractivity contribution < 1.29 is 9.47 Å². The Bertz CT molecular complexity index is 989. The molecule has 3 heteroatoms. The van der Waals surface area contributed by atoms with E-state index in [-0.39, 0.29) is 0 Å². The van der Waals surface area contributed by atoms with Gasteiger partial charge in [0, 0.05) is 11.1 Å². The molecule has 124 valence electrons. The molecular weight excluding hydrogens is 310 g/mol. The highest BCUT2D eigenvalue weighted by atomic mass is 16.5. The third-order valence-corrected chi connectivity index (χ3v) is 4.06. The fraction of sp³-hybridized carbons (Fsp3) is 0.0909. The van der Waals surface area contributed by atoms with E-state index in [9.17, 15) is 0 Å². The summed E-state index contributed by atoms with van der Waals surface area (Å²) in [5.74, 6) is 2.23. The maximum atomic E-state index is 6.17. The predicted octanol–water partition coefficient (Wildman–Crippen LogP) is 5.85. The summed E-state index contributed by atoms with van der Waals surface area (Å²) in [6.45, 7) is 2.55. The molecule has 0 saturated heterocycles. The highest BCUT2D eigenvalue weighted by Crippen LogP contribution is 2.35. The second kappa shape index (κ2) is 6.73. The molecule has 1 aromatic heterocycles. The van der Waals surface area contributed by atoms with Crippen LogP contribution in [-0.4, -0.2) is 4.98 Å². The summed E-state index contributed by atoms with van der Waals surface area (Å²) in [6.07, 6.45) is 0. The van der Waals surface area contributed by atoms with Crippen molar-refractivity contribution in [2.75, 3.05) is 0 Å². The molecule has 0 spiro atoms. The lowest BCUT2D eigenvalue weighted by atomic mass is 10.2. The van der Waals surface area contributed by atoms with Crippen molar-refractivity contribution in [2.45, 2.75) is 13.5 Å². The fourth-order valence-electron chi connectivity index (χ4n) is 2.86. The SMILES string of the molecule is Cc1cc2cccc(Oc3ccccc3OCc3ccccc3)c2[nH]1. The van der Waals surface area contributed by atoms with Gasteiger partial charge in [0.1, 0.15) is 6.61 Å². The van der Waals surface area contributed by atoms with Crippen LogP contribution in [0.4, 0.5) is 0 Å². The molecule has 0 bridgehead atoms. The Kier molecular flexibility index (Phi) is 4.13. The molecule has 0 aliphatic heterocycles. The number of para-hydroxylation sites is 3. The molecule has 1 N–H and O–H groups in total. The molecule has 0 fully saturated rings. The minimum Gasteiger partial charge on any atom is -0.485 e. The first-order valence-electron chi connectivity index (χ1n) is 8.31. The van der Waals surface area contributed by atoms with Crippen molar-refractivity contribution in [3.05, 3.63) is 90.1 Å². The van der Waals surface area contributed by atoms with Gasteiger partial charge in [0.05, 0.1) is 5.52 Å². The van der Waals surface area contributed by atoms with E-state index in [0.717, 1.165) is 33.7 Å². The van der Waals surface area contributed by atoms with Crippen molar-refractivity contribution in [3.8, 4) is 17.2 Å². The zero-order valence-electron chi connectivity index (χ0n) is 14.0. The van der Waals surface area contributed by atoms with Gasteiger partial charge in [-0.05, 0) is 36.8 Å². The zero-order chi connectivity index (χ0) is 17.1. The largest absolute Gasteiger partial charge is 0.485 e. The second-order valence-corrected chi connectivity index (χ2v) is 6.00. The Hall–Kier alpha value is -3.20. The lowest BCUT2D eigenvalue weighted by Gasteiger charge is -2.13. The van der Waals surface area contributed by atoms with Crippen LogP contribution in [0.3, 0.4) is 0 Å². The third-order valence-electron chi connectivity index (χ3n) is 4.06. The van der Waals surface area contributed by atoms with Crippen molar-refractivity contribution in [1.29, 1.82) is 0 Å². The summed E-state index contributed by atoms with van der Waals surface area (Å²) in [4.78, 5) is 3.36. The minimum atomic E-state index is 0.507. The van der Waals surface area contributed by atoms with E-state index >= 15 is 0 Å². The number of hydrogen-bond acceptors (Lipinski definition) is 2. The van der Waals surface area contributed by atoms with Crippen molar-refractivity contribution in [3.63, 3.8) is 0 Å². The highest BCUT2D eigenvalue weighted by Gasteiger charge is 2.10. The molecule has 4 rings (SSSR count). The first-order valence-corrected chi connectivity index (χ1v) is 8.31. The third kappa shape index (κ3) is 3.36. The smallest absolute Gasteiger partial charge is 0.169 e. The molecule has 4 aromatic rings. The fourth-order valence-corrected chi connectivity index (χ4v) is 2.86. The molecule has 0 radical (unpaired) electrons. The summed E-state index contributed by atoms with van der Waals surface area (Å²) in [5.41, 5.74) is 3.23. The van der Waals surface area contributed by atoms with Gasteiger partial charge in [0.25, 0.3) is 0 Å². The van der Waals surface area contributed by atoms with E-state index in [1.54, 1.807) is 0 Å². The Morgan fingerprint density at radius 1 is 0.760 bits per heavy atom. The van der Waals surface area contributed by atoms with Gasteiger partial charge in [-0.15, -0.1) is 0 Å². The number of aromatic nitrogens is 1. The quantitative estimate of drug-likeness (QED) is 0.498. The predicted molar refractivity (Wildman–Crippen MR) is 100 cm³/mol. The second-order valence-electron chi connectivity index (χ2n) is 6.00. The number of aromatic amines is 1. The Morgan fingerprint density at radius 3 is 2.32 bits per heavy atom. The standard InChI is InChI=1S/C22H19NO2/c1-16-14-18-10-7-13-21(22(18)23-16)25-20-12-6-5-11-19(20)24-15-17-8-3-2-4-9-17/h2-14,23H,15H2,1H3. The molecule has 0 atom stereocenters. The minimum absolute atomic E-state index is 0.507. The monoisotopic (exact) mass is 329 g/mol. The summed E-state index contributed by atoms with van der Waals surface area (Å²) in [7, 11) is 0. The van der Waals surface area contributed by atoms with Gasteiger partial charge in [0.2, 0.25) is 0 Å². The van der Waals surface area contributed by atoms with E-state index in [4.69, 9.17) is 9.47 Å². The maximum Gasteiger partial charge on any atom is 0.169 e. The molecule has 0 unspecified atom stereocenters. The number of nitrogens with one attached hydrogen (secondary N) is 1. The van der Waals surface area contributed by atoms with Crippen molar-refractivity contribution >= 4 is 10.9 Å². The summed E-state index contributed by atoms with van der Waals surface area (Å²) in [5, 5.41) is 1.14. The normalized spacial score (nSPS) is 10.8. The number of H-pyrrole nitrogens is 1. The van der Waals surface area contributed by atoms with Gasteiger partial charge in [0.15, 0.2) is 17.2 Å². The first-order chi connectivity index (χ1) is 12.3. The summed E-state index contributed by atoms with van der Waals surface area (Å²) in [6, 6.07) is 26.0. The molecule has 1 heterocycles. The van der Waals surface area contributed by atoms with E-state index in [0.29, 0.717) is 12.4 Å². The van der Waals surface area contributed by atoms with E-state index in [1.165, 1.54) is 0 Å². The molecule has 0 amide bonds. The van der Waals surface area contributed by atoms with Crippen LogP contribution in [0.15, 0.2) is 78.9 Å². The zero-order valence-corrected chi connectivity index (χ0v) is 14.0. The summed E-state index contributed by atoms with van der Waals surface area (Å²) < 4.78 is 12.1. The van der Waals surface area contributed by atoms with Crippen LogP contribution in [0, 0.1) is 6.92 Å². The molecule has 0 saturated carbocycles. The van der Waals surface area contributed by atoms with Gasteiger partial charge in [-0.25, -0.2) is 0 Å². The molecule has 3 aromatic carbocycles. The van der Waals surface area contributed by atoms with Crippen LogP contribution >= 0.6 is 0 Å². The van der Waals surface area contributed by atoms with Crippen LogP contribution < -0.4 is 9.47 Å². The lowest BCUT2D eigenvalue weighted by Crippen LogP contribution is -1.97. The molecule has 0 aliphatic carbocycles. The summed E-state index contributed by atoms with van der Waals surface area (Å²) >= 11 is 0. The van der Waals surface area contributed by atoms with E-state index in [1.807, 2.05) is 73.7 Å². The van der Waals surface area contributed by atoms with Gasteiger partial charge in [-0.3, -0.25) is 0 Å². The number of rotatable bonds is 5. The van der Waals surface area contributed by atoms with Gasteiger partial charge in [-0.2, -0.15) is 0 Å². The maximum absolute atomic E-state index is 6.17. The van der Waals surface area contributed by atoms with Crippen molar-refractivity contribution in [1.82, 2.24) is 4.98 Å². The van der Waals surface area contributed by atoms with Crippen LogP contribution in [-0.2, 0) is 6.61 Å². The van der Waals surface area contributed by atoms with Crippen LogP contribution in [0.5, 0.6) is 17.2 Å². The Labute approximate surface area is 146 Å². The van der Waals surface area contributed by atoms with Crippen LogP contribution in [0.1, 0.15) is 11.3 Å². The molecule has 25 heavy (non-hydrogen) atoms.